The molecule has 0 bridgehead atoms. The topological polar surface area (TPSA) is 41.1 Å². The number of carbonyl (C=O) groups excluding carboxylic acids is 1. The Balaban J connectivity index is 2.07. The summed E-state index contributed by atoms with van der Waals surface area (Å²) < 4.78 is 13.7. The fourth-order valence-corrected chi connectivity index (χ4v) is 2.29. The fourth-order valence-electron chi connectivity index (χ4n) is 2.29. The summed E-state index contributed by atoms with van der Waals surface area (Å²) >= 11 is 0. The summed E-state index contributed by atoms with van der Waals surface area (Å²) in [4.78, 5) is 12.0. The number of aryl methyl sites for hydroxylation is 1. The third-order valence-electron chi connectivity index (χ3n) is 3.45. The van der Waals surface area contributed by atoms with Crippen LogP contribution >= 0.6 is 0 Å². The van der Waals surface area contributed by atoms with Gasteiger partial charge in [0.15, 0.2) is 0 Å². The van der Waals surface area contributed by atoms with E-state index >= 15 is 0 Å². The van der Waals surface area contributed by atoms with E-state index in [9.17, 15) is 9.18 Å². The van der Waals surface area contributed by atoms with Crippen LogP contribution in [0.25, 0.3) is 0 Å². The van der Waals surface area contributed by atoms with Gasteiger partial charge < -0.3 is 10.6 Å². The summed E-state index contributed by atoms with van der Waals surface area (Å²) in [6.07, 6.45) is 1.97. The summed E-state index contributed by atoms with van der Waals surface area (Å²) in [5.41, 5.74) is 0.940. The van der Waals surface area contributed by atoms with Crippen LogP contribution in [-0.2, 0) is 0 Å². The number of benzene rings is 1. The molecule has 2 atom stereocenters. The highest BCUT2D eigenvalue weighted by Crippen LogP contribution is 2.13. The Morgan fingerprint density at radius 2 is 2.28 bits per heavy atom. The Morgan fingerprint density at radius 1 is 1.50 bits per heavy atom. The zero-order valence-electron chi connectivity index (χ0n) is 10.8. The van der Waals surface area contributed by atoms with Crippen LogP contribution in [0.2, 0.25) is 0 Å². The lowest BCUT2D eigenvalue weighted by Crippen LogP contribution is -2.52. The van der Waals surface area contributed by atoms with Crippen LogP contribution in [0.4, 0.5) is 4.39 Å². The van der Waals surface area contributed by atoms with Gasteiger partial charge in [0.2, 0.25) is 0 Å². The van der Waals surface area contributed by atoms with E-state index in [0.717, 1.165) is 24.9 Å². The van der Waals surface area contributed by atoms with Crippen LogP contribution in [0, 0.1) is 12.7 Å². The third kappa shape index (κ3) is 2.88. The molecule has 0 aliphatic carbocycles. The van der Waals surface area contributed by atoms with Crippen LogP contribution in [0.1, 0.15) is 35.7 Å². The van der Waals surface area contributed by atoms with Gasteiger partial charge in [-0.25, -0.2) is 4.39 Å². The van der Waals surface area contributed by atoms with Crippen molar-refractivity contribution in [2.75, 3.05) is 6.54 Å². The molecule has 18 heavy (non-hydrogen) atoms. The lowest BCUT2D eigenvalue weighted by Gasteiger charge is -2.30. The molecule has 1 aliphatic heterocycles. The number of rotatable bonds is 2. The average Bonchev–Trinajstić information content (AvgIpc) is 2.32. The number of hydrogen-bond donors (Lipinski definition) is 2. The van der Waals surface area contributed by atoms with Crippen LogP contribution in [0.15, 0.2) is 18.2 Å². The van der Waals surface area contributed by atoms with Gasteiger partial charge in [-0.15, -0.1) is 0 Å². The highest BCUT2D eigenvalue weighted by molar-refractivity contribution is 5.94. The first-order valence-electron chi connectivity index (χ1n) is 6.38. The first-order valence-corrected chi connectivity index (χ1v) is 6.38. The van der Waals surface area contributed by atoms with Gasteiger partial charge in [-0.3, -0.25) is 4.79 Å². The molecule has 98 valence electrons. The normalized spacial score (nSPS) is 23.7. The second-order valence-corrected chi connectivity index (χ2v) is 4.95. The van der Waals surface area contributed by atoms with Gasteiger partial charge in [0.1, 0.15) is 5.82 Å². The van der Waals surface area contributed by atoms with Gasteiger partial charge in [-0.1, -0.05) is 6.07 Å². The molecule has 1 heterocycles. The average molecular weight is 250 g/mol. The van der Waals surface area contributed by atoms with E-state index in [1.807, 2.05) is 6.92 Å². The molecule has 2 N–H and O–H groups in total. The predicted molar refractivity (Wildman–Crippen MR) is 69.1 cm³/mol. The molecule has 1 saturated heterocycles. The quantitative estimate of drug-likeness (QED) is 0.843. The van der Waals surface area contributed by atoms with Gasteiger partial charge >= 0.3 is 0 Å². The summed E-state index contributed by atoms with van der Waals surface area (Å²) in [5, 5.41) is 6.21. The van der Waals surface area contributed by atoms with Crippen LogP contribution in [0.5, 0.6) is 0 Å². The van der Waals surface area contributed by atoms with E-state index in [-0.39, 0.29) is 23.6 Å². The first-order chi connectivity index (χ1) is 8.58. The molecule has 2 rings (SSSR count). The number of amides is 1. The van der Waals surface area contributed by atoms with Gasteiger partial charge in [-0.2, -0.15) is 0 Å². The standard InChI is InChI=1S/C14H19FN2O/c1-9-5-6-11(12(15)8-9)14(18)17-13-4-3-7-16-10(13)2/h5-6,8,10,13,16H,3-4,7H2,1-2H3,(H,17,18). The smallest absolute Gasteiger partial charge is 0.254 e. The first kappa shape index (κ1) is 13.0. The van der Waals surface area contributed by atoms with Crippen molar-refractivity contribution < 1.29 is 9.18 Å². The number of nitrogens with one attached hydrogen (secondary N) is 2. The lowest BCUT2D eigenvalue weighted by molar-refractivity contribution is 0.0915. The molecule has 2 unspecified atom stereocenters. The van der Waals surface area contributed by atoms with E-state index in [4.69, 9.17) is 0 Å². The molecule has 1 aliphatic rings. The summed E-state index contributed by atoms with van der Waals surface area (Å²) in [6.45, 7) is 4.82. The van der Waals surface area contributed by atoms with Crippen molar-refractivity contribution in [2.24, 2.45) is 0 Å². The minimum absolute atomic E-state index is 0.0759. The Labute approximate surface area is 107 Å². The molecule has 0 radical (unpaired) electrons. The minimum atomic E-state index is -0.455. The van der Waals surface area contributed by atoms with Crippen LogP contribution in [0.3, 0.4) is 0 Å². The highest BCUT2D eigenvalue weighted by atomic mass is 19.1. The zero-order valence-corrected chi connectivity index (χ0v) is 10.8. The van der Waals surface area contributed by atoms with Crippen molar-refractivity contribution in [3.8, 4) is 0 Å². The second kappa shape index (κ2) is 5.48. The van der Waals surface area contributed by atoms with E-state index < -0.39 is 5.82 Å². The number of halogens is 1. The van der Waals surface area contributed by atoms with E-state index in [1.54, 1.807) is 19.1 Å². The molecule has 0 spiro atoms. The second-order valence-electron chi connectivity index (χ2n) is 4.95. The summed E-state index contributed by atoms with van der Waals surface area (Å²) in [6, 6.07) is 4.99. The summed E-state index contributed by atoms with van der Waals surface area (Å²) in [5.74, 6) is -0.781. The van der Waals surface area contributed by atoms with E-state index in [1.165, 1.54) is 6.07 Å². The number of hydrogen-bond acceptors (Lipinski definition) is 2. The van der Waals surface area contributed by atoms with Crippen LogP contribution < -0.4 is 10.6 Å². The Morgan fingerprint density at radius 3 is 2.94 bits per heavy atom. The molecule has 4 heteroatoms. The van der Waals surface area contributed by atoms with Gasteiger partial charge in [0, 0.05) is 12.1 Å². The van der Waals surface area contributed by atoms with Gasteiger partial charge in [0.05, 0.1) is 5.56 Å². The maximum Gasteiger partial charge on any atom is 0.254 e. The van der Waals surface area contributed by atoms with Crippen molar-refractivity contribution in [1.29, 1.82) is 0 Å². The van der Waals surface area contributed by atoms with Crippen molar-refractivity contribution in [1.82, 2.24) is 10.6 Å². The molecule has 1 aromatic carbocycles. The lowest BCUT2D eigenvalue weighted by atomic mass is 9.99. The van der Waals surface area contributed by atoms with E-state index in [0.29, 0.717) is 0 Å². The SMILES string of the molecule is Cc1ccc(C(=O)NC2CCCNC2C)c(F)c1. The molecule has 1 amide bonds. The zero-order chi connectivity index (χ0) is 13.1. The molecule has 0 aromatic heterocycles. The van der Waals surface area contributed by atoms with Crippen LogP contribution in [-0.4, -0.2) is 24.5 Å². The molecule has 0 saturated carbocycles. The van der Waals surface area contributed by atoms with Gasteiger partial charge in [-0.05, 0) is 50.9 Å². The minimum Gasteiger partial charge on any atom is -0.348 e. The number of carbonyl (C=O) groups is 1. The van der Waals surface area contributed by atoms with Crippen molar-refractivity contribution in [3.05, 3.63) is 35.1 Å². The van der Waals surface area contributed by atoms with Crippen molar-refractivity contribution in [2.45, 2.75) is 38.8 Å². The fraction of sp³-hybridized carbons (Fsp3) is 0.500. The maximum atomic E-state index is 13.7. The molecular formula is C14H19FN2O. The van der Waals surface area contributed by atoms with Crippen molar-refractivity contribution in [3.63, 3.8) is 0 Å². The molecule has 1 aromatic rings. The maximum absolute atomic E-state index is 13.7. The van der Waals surface area contributed by atoms with Crippen molar-refractivity contribution >= 4 is 5.91 Å². The molecular weight excluding hydrogens is 231 g/mol. The predicted octanol–water partition coefficient (Wildman–Crippen LogP) is 2.00. The summed E-state index contributed by atoms with van der Waals surface area (Å²) in [7, 11) is 0. The Hall–Kier alpha value is -1.42. The Bertz CT molecular complexity index is 447. The number of piperidine rings is 1. The van der Waals surface area contributed by atoms with Gasteiger partial charge in [0.25, 0.3) is 5.91 Å². The largest absolute Gasteiger partial charge is 0.348 e. The third-order valence-corrected chi connectivity index (χ3v) is 3.45. The van der Waals surface area contributed by atoms with E-state index in [2.05, 4.69) is 10.6 Å². The highest BCUT2D eigenvalue weighted by Gasteiger charge is 2.23. The molecule has 1 fully saturated rings. The molecule has 3 nitrogen and oxygen atoms in total. The Kier molecular flexibility index (Phi) is 3.97. The monoisotopic (exact) mass is 250 g/mol.